The molecular weight excluding hydrogens is 318 g/mol. The molecule has 0 spiro atoms. The molecule has 0 aliphatic carbocycles. The molecule has 0 saturated heterocycles. The quantitative estimate of drug-likeness (QED) is 0.658. The van der Waals surface area contributed by atoms with Gasteiger partial charge in [0.15, 0.2) is 0 Å². The Morgan fingerprint density at radius 3 is 2.13 bits per heavy atom. The first-order valence-electron chi connectivity index (χ1n) is 7.75. The van der Waals surface area contributed by atoms with Crippen molar-refractivity contribution < 1.29 is 0 Å². The molecule has 0 bridgehead atoms. The molecule has 2 aromatic carbocycles. The van der Waals surface area contributed by atoms with E-state index in [1.807, 2.05) is 16.8 Å². The molecule has 0 fully saturated rings. The van der Waals surface area contributed by atoms with Crippen LogP contribution in [0.4, 0.5) is 0 Å². The molecule has 5 heteroatoms. The second kappa shape index (κ2) is 6.72. The monoisotopic (exact) mass is 339 g/mol. The number of benzene rings is 2. The normalized spacial score (nSPS) is 11.6. The summed E-state index contributed by atoms with van der Waals surface area (Å²) in [4.78, 5) is 1.23. The zero-order valence-electron chi connectivity index (χ0n) is 13.7. The van der Waals surface area contributed by atoms with Gasteiger partial charge in [0.1, 0.15) is 13.1 Å². The van der Waals surface area contributed by atoms with Gasteiger partial charge in [0.25, 0.3) is 0 Å². The standard InChI is InChI=1S/C18H21N3SSi/c1-23(2,3)17-18(22-16-12-8-5-9-13-16)21(20-19-17)14-15-10-6-4-7-11-15/h4-13H,14H2,1-3H3. The Bertz CT molecular complexity index is 764. The van der Waals surface area contributed by atoms with E-state index in [9.17, 15) is 0 Å². The zero-order valence-corrected chi connectivity index (χ0v) is 15.5. The molecule has 3 rings (SSSR count). The molecule has 118 valence electrons. The van der Waals surface area contributed by atoms with Crippen molar-refractivity contribution >= 4 is 25.2 Å². The topological polar surface area (TPSA) is 30.7 Å². The highest BCUT2D eigenvalue weighted by atomic mass is 32.2. The summed E-state index contributed by atoms with van der Waals surface area (Å²) in [6, 6.07) is 20.9. The highest BCUT2D eigenvalue weighted by Gasteiger charge is 2.27. The molecule has 0 radical (unpaired) electrons. The van der Waals surface area contributed by atoms with Crippen molar-refractivity contribution in [2.24, 2.45) is 0 Å². The number of hydrogen-bond donors (Lipinski definition) is 0. The van der Waals surface area contributed by atoms with Gasteiger partial charge in [0.05, 0.1) is 11.9 Å². The molecule has 0 N–H and O–H groups in total. The number of aromatic nitrogens is 3. The van der Waals surface area contributed by atoms with Crippen LogP contribution in [0.1, 0.15) is 5.56 Å². The van der Waals surface area contributed by atoms with Crippen LogP contribution in [0.25, 0.3) is 0 Å². The highest BCUT2D eigenvalue weighted by Crippen LogP contribution is 2.27. The van der Waals surface area contributed by atoms with Gasteiger partial charge in [0.2, 0.25) is 0 Å². The molecule has 0 amide bonds. The smallest absolute Gasteiger partial charge is 0.118 e. The molecule has 1 aromatic heterocycles. The van der Waals surface area contributed by atoms with Crippen LogP contribution >= 0.6 is 11.8 Å². The summed E-state index contributed by atoms with van der Waals surface area (Å²) in [5, 5.41) is 11.4. The van der Waals surface area contributed by atoms with Gasteiger partial charge in [-0.2, -0.15) is 0 Å². The largest absolute Gasteiger partial charge is 0.234 e. The van der Waals surface area contributed by atoms with Crippen molar-refractivity contribution in [3.8, 4) is 0 Å². The molecule has 1 heterocycles. The lowest BCUT2D eigenvalue weighted by Crippen LogP contribution is -2.40. The number of rotatable bonds is 5. The van der Waals surface area contributed by atoms with Crippen molar-refractivity contribution in [3.05, 3.63) is 66.2 Å². The minimum atomic E-state index is -1.54. The molecule has 0 saturated carbocycles. The first kappa shape index (κ1) is 16.0. The van der Waals surface area contributed by atoms with Crippen LogP contribution in [0.2, 0.25) is 19.6 Å². The Hall–Kier alpha value is -1.85. The van der Waals surface area contributed by atoms with E-state index in [1.165, 1.54) is 20.8 Å². The first-order valence-corrected chi connectivity index (χ1v) is 12.1. The summed E-state index contributed by atoms with van der Waals surface area (Å²) in [7, 11) is -1.54. The Morgan fingerprint density at radius 2 is 1.52 bits per heavy atom. The molecule has 0 aliphatic heterocycles. The minimum Gasteiger partial charge on any atom is -0.234 e. The molecule has 0 unspecified atom stereocenters. The molecule has 0 atom stereocenters. The lowest BCUT2D eigenvalue weighted by atomic mass is 10.2. The first-order chi connectivity index (χ1) is 11.0. The summed E-state index contributed by atoms with van der Waals surface area (Å²) in [5.74, 6) is 0. The lowest BCUT2D eigenvalue weighted by molar-refractivity contribution is 0.604. The van der Waals surface area contributed by atoms with E-state index in [-0.39, 0.29) is 0 Å². The third-order valence-corrected chi connectivity index (χ3v) is 6.58. The van der Waals surface area contributed by atoms with Crippen LogP contribution in [0.5, 0.6) is 0 Å². The molecule has 3 nitrogen and oxygen atoms in total. The molecule has 23 heavy (non-hydrogen) atoms. The van der Waals surface area contributed by atoms with E-state index in [4.69, 9.17) is 0 Å². The van der Waals surface area contributed by atoms with Gasteiger partial charge in [0, 0.05) is 4.90 Å². The second-order valence-electron chi connectivity index (χ2n) is 6.55. The highest BCUT2D eigenvalue weighted by molar-refractivity contribution is 7.99. The van der Waals surface area contributed by atoms with Gasteiger partial charge < -0.3 is 0 Å². The Morgan fingerprint density at radius 1 is 0.913 bits per heavy atom. The van der Waals surface area contributed by atoms with Gasteiger partial charge in [-0.05, 0) is 17.7 Å². The Kier molecular flexibility index (Phi) is 4.68. The Labute approximate surface area is 142 Å². The van der Waals surface area contributed by atoms with Crippen molar-refractivity contribution in [3.63, 3.8) is 0 Å². The summed E-state index contributed by atoms with van der Waals surface area (Å²) < 4.78 is 2.04. The lowest BCUT2D eigenvalue weighted by Gasteiger charge is -2.15. The minimum absolute atomic E-state index is 0.757. The Balaban J connectivity index is 1.98. The second-order valence-corrected chi connectivity index (χ2v) is 12.6. The summed E-state index contributed by atoms with van der Waals surface area (Å²) >= 11 is 1.77. The van der Waals surface area contributed by atoms with Crippen LogP contribution in [-0.2, 0) is 6.54 Å². The summed E-state index contributed by atoms with van der Waals surface area (Å²) in [6.07, 6.45) is 0. The maximum absolute atomic E-state index is 4.53. The van der Waals surface area contributed by atoms with Crippen LogP contribution in [0.3, 0.4) is 0 Å². The van der Waals surface area contributed by atoms with E-state index in [0.717, 1.165) is 6.54 Å². The predicted octanol–water partition coefficient (Wildman–Crippen LogP) is 4.02. The van der Waals surface area contributed by atoms with Crippen LogP contribution in [0.15, 0.2) is 70.6 Å². The van der Waals surface area contributed by atoms with Gasteiger partial charge in [-0.25, -0.2) is 4.68 Å². The zero-order chi connectivity index (χ0) is 16.3. The fourth-order valence-electron chi connectivity index (χ4n) is 2.34. The number of hydrogen-bond acceptors (Lipinski definition) is 3. The van der Waals surface area contributed by atoms with Crippen LogP contribution in [0, 0.1) is 0 Å². The number of nitrogens with zero attached hydrogens (tertiary/aromatic N) is 3. The molecular formula is C18H21N3SSi. The summed E-state index contributed by atoms with van der Waals surface area (Å²) in [5.41, 5.74) is 1.24. The maximum Gasteiger partial charge on any atom is 0.118 e. The van der Waals surface area contributed by atoms with E-state index in [0.29, 0.717) is 0 Å². The van der Waals surface area contributed by atoms with Gasteiger partial charge in [-0.1, -0.05) is 85.1 Å². The van der Waals surface area contributed by atoms with E-state index >= 15 is 0 Å². The molecule has 0 aliphatic rings. The van der Waals surface area contributed by atoms with Crippen molar-refractivity contribution in [1.29, 1.82) is 0 Å². The fourth-order valence-corrected chi connectivity index (χ4v) is 5.38. The van der Waals surface area contributed by atoms with Gasteiger partial charge in [-0.3, -0.25) is 0 Å². The predicted molar refractivity (Wildman–Crippen MR) is 99.1 cm³/mol. The van der Waals surface area contributed by atoms with Gasteiger partial charge >= 0.3 is 0 Å². The average Bonchev–Trinajstić information content (AvgIpc) is 2.92. The fraction of sp³-hybridized carbons (Fsp3) is 0.222. The van der Waals surface area contributed by atoms with Crippen molar-refractivity contribution in [2.75, 3.05) is 0 Å². The summed E-state index contributed by atoms with van der Waals surface area (Å²) in [6.45, 7) is 7.71. The SMILES string of the molecule is C[Si](C)(C)c1nnn(Cc2ccccc2)c1Sc1ccccc1. The third-order valence-electron chi connectivity index (χ3n) is 3.53. The van der Waals surface area contributed by atoms with Crippen molar-refractivity contribution in [1.82, 2.24) is 15.0 Å². The molecule has 3 aromatic rings. The van der Waals surface area contributed by atoms with Crippen LogP contribution in [-0.4, -0.2) is 23.1 Å². The van der Waals surface area contributed by atoms with Crippen molar-refractivity contribution in [2.45, 2.75) is 36.1 Å². The third kappa shape index (κ3) is 3.92. The van der Waals surface area contributed by atoms with E-state index in [1.54, 1.807) is 11.8 Å². The maximum atomic E-state index is 4.53. The van der Waals surface area contributed by atoms with Gasteiger partial charge in [-0.15, -0.1) is 5.10 Å². The van der Waals surface area contributed by atoms with Crippen LogP contribution < -0.4 is 5.32 Å². The average molecular weight is 340 g/mol. The van der Waals surface area contributed by atoms with E-state index < -0.39 is 8.07 Å². The van der Waals surface area contributed by atoms with E-state index in [2.05, 4.69) is 78.5 Å².